The van der Waals surface area contributed by atoms with Crippen molar-refractivity contribution in [1.82, 2.24) is 15.0 Å². The van der Waals surface area contributed by atoms with Crippen molar-refractivity contribution < 1.29 is 0 Å². The van der Waals surface area contributed by atoms with Crippen LogP contribution in [0.3, 0.4) is 0 Å². The first-order valence-electron chi connectivity index (χ1n) is 12.6. The minimum atomic E-state index is 0.00693. The molecule has 4 fully saturated rings. The molecule has 2 aliphatic carbocycles. The first-order chi connectivity index (χ1) is 15.5. The van der Waals surface area contributed by atoms with Gasteiger partial charge in [0.15, 0.2) is 0 Å². The first kappa shape index (κ1) is 23.0. The number of anilines is 3. The second kappa shape index (κ2) is 8.18. The molecule has 1 aromatic rings. The Morgan fingerprint density at radius 1 is 0.758 bits per heavy atom. The van der Waals surface area contributed by atoms with Gasteiger partial charge in [-0.15, -0.1) is 0 Å². The van der Waals surface area contributed by atoms with Crippen LogP contribution in [0.1, 0.15) is 52.9 Å². The van der Waals surface area contributed by atoms with Crippen LogP contribution in [0.25, 0.3) is 0 Å². The van der Waals surface area contributed by atoms with Crippen molar-refractivity contribution in [3.63, 3.8) is 0 Å². The molecule has 33 heavy (non-hydrogen) atoms. The van der Waals surface area contributed by atoms with E-state index in [1.54, 1.807) is 0 Å². The Morgan fingerprint density at radius 3 is 1.64 bits per heavy atom. The summed E-state index contributed by atoms with van der Waals surface area (Å²) in [6.45, 7) is 10.0. The van der Waals surface area contributed by atoms with Crippen molar-refractivity contribution in [2.75, 3.05) is 41.3 Å². The van der Waals surface area contributed by atoms with Gasteiger partial charge in [-0.3, -0.25) is 0 Å². The zero-order valence-electron chi connectivity index (χ0n) is 20.4. The third-order valence-corrected chi connectivity index (χ3v) is 9.31. The van der Waals surface area contributed by atoms with Crippen LogP contribution < -0.4 is 38.1 Å². The summed E-state index contributed by atoms with van der Waals surface area (Å²) >= 11 is 0. The molecule has 3 heterocycles. The highest BCUT2D eigenvalue weighted by Crippen LogP contribution is 2.65. The lowest BCUT2D eigenvalue weighted by molar-refractivity contribution is 0.142. The van der Waals surface area contributed by atoms with Gasteiger partial charge in [0.05, 0.1) is 0 Å². The molecule has 5 rings (SSSR count). The smallest absolute Gasteiger partial charge is 0.232 e. The second-order valence-corrected chi connectivity index (χ2v) is 11.9. The van der Waals surface area contributed by atoms with Crippen molar-refractivity contribution >= 4 is 17.8 Å². The highest BCUT2D eigenvalue weighted by atomic mass is 15.4. The maximum Gasteiger partial charge on any atom is 0.232 e. The third kappa shape index (κ3) is 4.05. The highest BCUT2D eigenvalue weighted by Gasteiger charge is 2.61. The van der Waals surface area contributed by atoms with Gasteiger partial charge in [-0.1, -0.05) is 20.8 Å². The quantitative estimate of drug-likeness (QED) is 0.422. The molecule has 2 aliphatic heterocycles. The van der Waals surface area contributed by atoms with E-state index >= 15 is 0 Å². The number of hydrogen-bond donors (Lipinski definition) is 5. The minimum Gasteiger partial charge on any atom is -0.351 e. The topological polar surface area (TPSA) is 161 Å². The molecule has 9 N–H and O–H groups in total. The van der Waals surface area contributed by atoms with Crippen LogP contribution in [0.4, 0.5) is 17.8 Å². The first-order valence-corrected chi connectivity index (χ1v) is 12.6. The van der Waals surface area contributed by atoms with E-state index in [1.807, 2.05) is 0 Å². The van der Waals surface area contributed by atoms with E-state index in [0.29, 0.717) is 55.5 Å². The molecule has 2 saturated heterocycles. The van der Waals surface area contributed by atoms with Crippen LogP contribution in [-0.2, 0) is 0 Å². The van der Waals surface area contributed by atoms with Gasteiger partial charge in [0.25, 0.3) is 0 Å². The molecular weight excluding hydrogens is 416 g/mol. The molecule has 0 aromatic carbocycles. The molecule has 10 heteroatoms. The van der Waals surface area contributed by atoms with Crippen LogP contribution in [0.2, 0.25) is 0 Å². The van der Waals surface area contributed by atoms with E-state index in [9.17, 15) is 0 Å². The van der Waals surface area contributed by atoms with Crippen molar-refractivity contribution in [3.05, 3.63) is 0 Å². The number of hydrogen-bond acceptors (Lipinski definition) is 10. The van der Waals surface area contributed by atoms with Gasteiger partial charge in [0.1, 0.15) is 0 Å². The van der Waals surface area contributed by atoms with Crippen molar-refractivity contribution in [3.8, 4) is 0 Å². The molecule has 0 radical (unpaired) electrons. The van der Waals surface area contributed by atoms with Crippen LogP contribution in [0.5, 0.6) is 0 Å². The predicted molar refractivity (Wildman–Crippen MR) is 132 cm³/mol. The fraction of sp³-hybridized carbons (Fsp3) is 0.870. The largest absolute Gasteiger partial charge is 0.351 e. The summed E-state index contributed by atoms with van der Waals surface area (Å²) in [5.41, 5.74) is 25.6. The zero-order chi connectivity index (χ0) is 23.5. The molecule has 184 valence electrons. The van der Waals surface area contributed by atoms with Gasteiger partial charge in [-0.05, 0) is 48.9 Å². The highest BCUT2D eigenvalue weighted by molar-refractivity contribution is 5.47. The van der Waals surface area contributed by atoms with Crippen LogP contribution >= 0.6 is 0 Å². The molecule has 2 bridgehead atoms. The average molecular weight is 459 g/mol. The predicted octanol–water partition coefficient (Wildman–Crippen LogP) is 0.228. The van der Waals surface area contributed by atoms with Gasteiger partial charge in [0, 0.05) is 56.4 Å². The van der Waals surface area contributed by atoms with Gasteiger partial charge in [0.2, 0.25) is 17.8 Å². The molecule has 4 aliphatic rings. The second-order valence-electron chi connectivity index (χ2n) is 11.9. The Morgan fingerprint density at radius 2 is 1.24 bits per heavy atom. The Bertz CT molecular complexity index is 813. The van der Waals surface area contributed by atoms with E-state index in [1.165, 1.54) is 12.8 Å². The molecule has 2 saturated carbocycles. The SMILES string of the molecule is CC1(C)[C@H]2CC[C@@]1(C)[C@@H](Nc1nc(N3C[C@H](N)C[C@H](N)C3)nc(N3C[C@H](N)C[C@H](N)C3)n1)C2. The molecule has 0 unspecified atom stereocenters. The summed E-state index contributed by atoms with van der Waals surface area (Å²) in [4.78, 5) is 18.8. The van der Waals surface area contributed by atoms with Gasteiger partial charge in [-0.25, -0.2) is 0 Å². The van der Waals surface area contributed by atoms with Crippen LogP contribution in [0, 0.1) is 16.7 Å². The van der Waals surface area contributed by atoms with Crippen LogP contribution in [-0.4, -0.2) is 71.3 Å². The number of aromatic nitrogens is 3. The average Bonchev–Trinajstić information content (AvgIpc) is 3.06. The van der Waals surface area contributed by atoms with E-state index in [4.69, 9.17) is 37.9 Å². The van der Waals surface area contributed by atoms with Crippen molar-refractivity contribution in [2.24, 2.45) is 39.7 Å². The van der Waals surface area contributed by atoms with Crippen molar-refractivity contribution in [1.29, 1.82) is 0 Å². The Balaban J connectivity index is 1.47. The van der Waals surface area contributed by atoms with E-state index < -0.39 is 0 Å². The third-order valence-electron chi connectivity index (χ3n) is 9.31. The van der Waals surface area contributed by atoms with E-state index in [-0.39, 0.29) is 29.6 Å². The van der Waals surface area contributed by atoms with Crippen molar-refractivity contribution in [2.45, 2.75) is 83.1 Å². The molecule has 0 amide bonds. The molecule has 0 spiro atoms. The number of fused-ring (bicyclic) bond motifs is 2. The standard InChI is InChI=1S/C23H42N10/c1-22(2)13-4-5-23(22,3)18(6-13)28-19-29-20(32-9-14(24)7-15(25)10-32)31-21(30-19)33-11-16(26)8-17(27)12-33/h13-18H,4-12,24-27H2,1-3H3,(H,28,29,30,31)/t13-,14-,15+,16-,17+,18-,23-/m0/s1. The molecule has 7 atom stereocenters. The van der Waals surface area contributed by atoms with Gasteiger partial charge >= 0.3 is 0 Å². The van der Waals surface area contributed by atoms with E-state index in [2.05, 4.69) is 35.9 Å². The monoisotopic (exact) mass is 458 g/mol. The molecular formula is C23H42N10. The number of nitrogens with two attached hydrogens (primary N) is 4. The Hall–Kier alpha value is -1.75. The lowest BCUT2D eigenvalue weighted by atomic mass is 9.69. The number of nitrogens with zero attached hydrogens (tertiary/aromatic N) is 5. The lowest BCUT2D eigenvalue weighted by Crippen LogP contribution is -2.54. The number of nitrogens with one attached hydrogen (secondary N) is 1. The summed E-state index contributed by atoms with van der Waals surface area (Å²) < 4.78 is 0. The molecule has 10 nitrogen and oxygen atoms in total. The maximum atomic E-state index is 6.28. The number of piperidine rings is 2. The normalized spacial score (nSPS) is 40.3. The summed E-state index contributed by atoms with van der Waals surface area (Å²) in [5, 5.41) is 3.73. The lowest BCUT2D eigenvalue weighted by Gasteiger charge is -2.40. The summed E-state index contributed by atoms with van der Waals surface area (Å²) in [5.74, 6) is 2.63. The van der Waals surface area contributed by atoms with Gasteiger partial charge < -0.3 is 38.1 Å². The zero-order valence-corrected chi connectivity index (χ0v) is 20.4. The summed E-state index contributed by atoms with van der Waals surface area (Å²) in [6.07, 6.45) is 5.32. The fourth-order valence-corrected chi connectivity index (χ4v) is 6.96. The summed E-state index contributed by atoms with van der Waals surface area (Å²) in [6, 6.07) is 0.367. The number of rotatable bonds is 4. The Labute approximate surface area is 197 Å². The van der Waals surface area contributed by atoms with E-state index in [0.717, 1.165) is 25.2 Å². The Kier molecular flexibility index (Phi) is 5.70. The minimum absolute atomic E-state index is 0.00693. The maximum absolute atomic E-state index is 6.28. The van der Waals surface area contributed by atoms with Crippen LogP contribution in [0.15, 0.2) is 0 Å². The fourth-order valence-electron chi connectivity index (χ4n) is 6.96. The van der Waals surface area contributed by atoms with Gasteiger partial charge in [-0.2, -0.15) is 15.0 Å². The summed E-state index contributed by atoms with van der Waals surface area (Å²) in [7, 11) is 0. The molecule has 1 aromatic heterocycles.